The van der Waals surface area contributed by atoms with Gasteiger partial charge in [-0.15, -0.1) is 0 Å². The Balaban J connectivity index is 0. The van der Waals surface area contributed by atoms with Crippen LogP contribution in [0.1, 0.15) is 26.7 Å². The molecule has 0 aromatic rings. The Kier molecular flexibility index (Phi) is 12.0. The van der Waals surface area contributed by atoms with Gasteiger partial charge in [0.1, 0.15) is 0 Å². The molecular weight excluding hydrogens is 270 g/mol. The van der Waals surface area contributed by atoms with Crippen molar-refractivity contribution in [1.82, 2.24) is 0 Å². The van der Waals surface area contributed by atoms with Crippen molar-refractivity contribution in [2.45, 2.75) is 26.7 Å². The van der Waals surface area contributed by atoms with Crippen LogP contribution in [0.2, 0.25) is 0 Å². The molecule has 2 radical (unpaired) electrons. The number of rotatable bonds is 4. The summed E-state index contributed by atoms with van der Waals surface area (Å²) in [4.78, 5) is 22.5. The summed E-state index contributed by atoms with van der Waals surface area (Å²) in [5.74, 6) is -2.77. The molecule has 19 heavy (non-hydrogen) atoms. The van der Waals surface area contributed by atoms with Gasteiger partial charge in [-0.05, 0) is 24.7 Å². The van der Waals surface area contributed by atoms with Crippen LogP contribution in [-0.4, -0.2) is 94.5 Å². The fourth-order valence-electron chi connectivity index (χ4n) is 2.17. The zero-order valence-corrected chi connectivity index (χ0v) is 16.1. The predicted molar refractivity (Wildman–Crippen MR) is 72.2 cm³/mol. The monoisotopic (exact) mass is 288 g/mol. The molecule has 2 N–H and O–H groups in total. The number of aliphatic carboxylic acids is 2. The topological polar surface area (TPSA) is 83.8 Å². The molecule has 0 unspecified atom stereocenters. The summed E-state index contributed by atoms with van der Waals surface area (Å²) in [6.45, 7) is 4.39. The van der Waals surface area contributed by atoms with Crippen molar-refractivity contribution in [2.75, 3.05) is 13.2 Å². The molecule has 5 nitrogen and oxygen atoms in total. The van der Waals surface area contributed by atoms with Crippen LogP contribution in [-0.2, 0) is 14.3 Å². The van der Waals surface area contributed by atoms with E-state index in [4.69, 9.17) is 9.84 Å². The second-order valence-electron chi connectivity index (χ2n) is 4.48. The van der Waals surface area contributed by atoms with Crippen molar-refractivity contribution < 1.29 is 24.5 Å². The number of carboxylic acid groups (broad SMARTS) is 2. The van der Waals surface area contributed by atoms with Gasteiger partial charge in [0.05, 0.1) is 11.1 Å². The summed E-state index contributed by atoms with van der Waals surface area (Å²) in [6.07, 6.45) is 1.15. The molecule has 0 spiro atoms. The van der Waals surface area contributed by atoms with Crippen LogP contribution < -0.4 is 0 Å². The van der Waals surface area contributed by atoms with E-state index in [1.54, 1.807) is 13.8 Å². The van der Waals surface area contributed by atoms with Gasteiger partial charge in [0.25, 0.3) is 0 Å². The molecule has 1 aliphatic rings. The first-order valence-corrected chi connectivity index (χ1v) is 5.73. The maximum absolute atomic E-state index is 11.3. The number of carbonyl (C=O) groups is 2. The van der Waals surface area contributed by atoms with Crippen LogP contribution in [0.4, 0.5) is 0 Å². The molecule has 1 saturated heterocycles. The molecule has 0 saturated carbocycles. The Morgan fingerprint density at radius 3 is 1.84 bits per heavy atom. The number of hydrogen-bond acceptors (Lipinski definition) is 3. The zero-order chi connectivity index (χ0) is 13.0. The van der Waals surface area contributed by atoms with Gasteiger partial charge in [-0.1, -0.05) is 13.8 Å². The number of hydrogen-bond donors (Lipinski definition) is 2. The van der Waals surface area contributed by atoms with Gasteiger partial charge in [-0.25, -0.2) is 9.59 Å². The minimum Gasteiger partial charge on any atom is -0.478 e. The quantitative estimate of drug-likeness (QED) is 0.590. The van der Waals surface area contributed by atoms with Crippen molar-refractivity contribution in [3.63, 3.8) is 0 Å². The Morgan fingerprint density at radius 1 is 1.05 bits per heavy atom. The number of ether oxygens (including phenoxy) is 1. The van der Waals surface area contributed by atoms with E-state index < -0.39 is 11.9 Å². The third kappa shape index (κ3) is 6.29. The Morgan fingerprint density at radius 2 is 1.53 bits per heavy atom. The zero-order valence-electron chi connectivity index (χ0n) is 12.1. The molecule has 1 aliphatic heterocycles. The van der Waals surface area contributed by atoms with Crippen LogP contribution in [0.15, 0.2) is 11.1 Å². The maximum atomic E-state index is 11.3. The van der Waals surface area contributed by atoms with E-state index in [2.05, 4.69) is 0 Å². The van der Waals surface area contributed by atoms with E-state index >= 15 is 0 Å². The molecule has 0 aliphatic carbocycles. The summed E-state index contributed by atoms with van der Waals surface area (Å²) in [5.41, 5.74) is 0.0696. The van der Waals surface area contributed by atoms with Crippen molar-refractivity contribution in [1.29, 1.82) is 0 Å². The standard InChI is InChI=1S/C12H18O5.2Na/c1-7(2)9(11(13)14)10(12(15)16)8-3-5-17-6-4-8;;/h7-8H,3-6H2,1-2H3,(H,13,14)(H,15,16);;. The van der Waals surface area contributed by atoms with Gasteiger partial charge in [-0.2, -0.15) is 0 Å². The van der Waals surface area contributed by atoms with Crippen LogP contribution in [0.5, 0.6) is 0 Å². The fraction of sp³-hybridized carbons (Fsp3) is 0.667. The first-order chi connectivity index (χ1) is 7.95. The molecule has 0 amide bonds. The van der Waals surface area contributed by atoms with Gasteiger partial charge >= 0.3 is 11.9 Å². The summed E-state index contributed by atoms with van der Waals surface area (Å²) in [5, 5.41) is 18.4. The van der Waals surface area contributed by atoms with Crippen molar-refractivity contribution in [2.24, 2.45) is 11.8 Å². The van der Waals surface area contributed by atoms with Crippen molar-refractivity contribution in [3.05, 3.63) is 11.1 Å². The SMILES string of the molecule is CC(C)C(C(=O)O)=C(C(=O)O)C1CCOCC1.[Na].[Na]. The van der Waals surface area contributed by atoms with Crippen molar-refractivity contribution in [3.8, 4) is 0 Å². The van der Waals surface area contributed by atoms with E-state index in [1.807, 2.05) is 0 Å². The summed E-state index contributed by atoms with van der Waals surface area (Å²) in [6, 6.07) is 0. The largest absolute Gasteiger partial charge is 0.478 e. The molecule has 98 valence electrons. The Labute approximate surface area is 157 Å². The molecule has 1 heterocycles. The minimum absolute atomic E-state index is 0. The fourth-order valence-corrected chi connectivity index (χ4v) is 2.17. The normalized spacial score (nSPS) is 17.0. The molecule has 1 rings (SSSR count). The Bertz CT molecular complexity index is 346. The molecule has 1 fully saturated rings. The molecule has 0 bridgehead atoms. The van der Waals surface area contributed by atoms with Crippen molar-refractivity contribution >= 4 is 71.1 Å². The molecule has 0 aromatic heterocycles. The van der Waals surface area contributed by atoms with Gasteiger partial charge < -0.3 is 14.9 Å². The molecule has 7 heteroatoms. The third-order valence-electron chi connectivity index (χ3n) is 2.96. The summed E-state index contributed by atoms with van der Waals surface area (Å²) >= 11 is 0. The predicted octanol–water partition coefficient (Wildman–Crippen LogP) is 0.773. The summed E-state index contributed by atoms with van der Waals surface area (Å²) in [7, 11) is 0. The van der Waals surface area contributed by atoms with Crippen LogP contribution in [0, 0.1) is 11.8 Å². The first kappa shape index (κ1) is 21.9. The maximum Gasteiger partial charge on any atom is 0.332 e. The van der Waals surface area contributed by atoms with Crippen LogP contribution >= 0.6 is 0 Å². The van der Waals surface area contributed by atoms with E-state index in [0.717, 1.165) is 0 Å². The van der Waals surface area contributed by atoms with Crippen LogP contribution in [0.25, 0.3) is 0 Å². The minimum atomic E-state index is -1.14. The second-order valence-corrected chi connectivity index (χ2v) is 4.48. The first-order valence-electron chi connectivity index (χ1n) is 5.73. The smallest absolute Gasteiger partial charge is 0.332 e. The molecular formula is C12H18Na2O5. The van der Waals surface area contributed by atoms with E-state index in [1.165, 1.54) is 0 Å². The third-order valence-corrected chi connectivity index (χ3v) is 2.96. The molecule has 0 atom stereocenters. The van der Waals surface area contributed by atoms with Crippen LogP contribution in [0.3, 0.4) is 0 Å². The van der Waals surface area contributed by atoms with E-state index in [0.29, 0.717) is 26.1 Å². The average molecular weight is 288 g/mol. The average Bonchev–Trinajstić information content (AvgIpc) is 2.25. The summed E-state index contributed by atoms with van der Waals surface area (Å²) < 4.78 is 5.17. The van der Waals surface area contributed by atoms with Gasteiger partial charge in [-0.3, -0.25) is 0 Å². The van der Waals surface area contributed by atoms with Gasteiger partial charge in [0.15, 0.2) is 0 Å². The van der Waals surface area contributed by atoms with E-state index in [-0.39, 0.29) is 82.1 Å². The molecule has 0 aromatic carbocycles. The van der Waals surface area contributed by atoms with Gasteiger partial charge in [0.2, 0.25) is 0 Å². The number of carboxylic acids is 2. The Hall–Kier alpha value is 0.640. The van der Waals surface area contributed by atoms with Gasteiger partial charge in [0, 0.05) is 72.3 Å². The van der Waals surface area contributed by atoms with E-state index in [9.17, 15) is 14.7 Å². The second kappa shape index (κ2) is 10.4.